The lowest BCUT2D eigenvalue weighted by Crippen LogP contribution is -2.45. The second-order valence-electron chi connectivity index (χ2n) is 5.20. The molecular formula is C17H23NO8. The zero-order valence-electron chi connectivity index (χ0n) is 14.3. The standard InChI is InChI=1S/C17H23NO8/c19-6-7-24-11-15(20)18-14(10-13-4-2-1-3-5-13)17(23)26-9-8-25-12-16(21)22/h1-5,14,19H,6-12H2,(H,18,20)(H,21,22)/t14-/m1/s1. The fraction of sp³-hybridized carbons (Fsp3) is 0.471. The van der Waals surface area contributed by atoms with Crippen LogP contribution in [0.15, 0.2) is 30.3 Å². The number of rotatable bonds is 13. The number of nitrogens with one attached hydrogen (secondary N) is 1. The summed E-state index contributed by atoms with van der Waals surface area (Å²) in [6, 6.07) is 8.14. The highest BCUT2D eigenvalue weighted by Crippen LogP contribution is 2.05. The lowest BCUT2D eigenvalue weighted by molar-refractivity contribution is -0.151. The summed E-state index contributed by atoms with van der Waals surface area (Å²) in [6.07, 6.45) is 0.224. The normalized spacial score (nSPS) is 11.6. The van der Waals surface area contributed by atoms with Crippen molar-refractivity contribution >= 4 is 17.8 Å². The van der Waals surface area contributed by atoms with Gasteiger partial charge in [0.15, 0.2) is 0 Å². The number of aliphatic hydroxyl groups excluding tert-OH is 1. The highest BCUT2D eigenvalue weighted by atomic mass is 16.6. The third kappa shape index (κ3) is 9.72. The average molecular weight is 369 g/mol. The molecule has 0 unspecified atom stereocenters. The summed E-state index contributed by atoms with van der Waals surface area (Å²) in [7, 11) is 0. The Labute approximate surface area is 150 Å². The molecule has 0 aliphatic carbocycles. The molecule has 26 heavy (non-hydrogen) atoms. The Hall–Kier alpha value is -2.49. The van der Waals surface area contributed by atoms with Crippen LogP contribution >= 0.6 is 0 Å². The Bertz CT molecular complexity index is 563. The number of aliphatic hydroxyl groups is 1. The summed E-state index contributed by atoms with van der Waals surface area (Å²) in [4.78, 5) is 34.4. The Balaban J connectivity index is 2.54. The van der Waals surface area contributed by atoms with Crippen molar-refractivity contribution in [1.29, 1.82) is 0 Å². The number of carboxylic acid groups (broad SMARTS) is 1. The summed E-state index contributed by atoms with van der Waals surface area (Å²) in [5.74, 6) is -2.30. The topological polar surface area (TPSA) is 131 Å². The number of amides is 1. The van der Waals surface area contributed by atoms with E-state index >= 15 is 0 Å². The fourth-order valence-electron chi connectivity index (χ4n) is 1.97. The molecule has 0 heterocycles. The molecule has 0 aromatic heterocycles. The van der Waals surface area contributed by atoms with Gasteiger partial charge >= 0.3 is 11.9 Å². The third-order valence-corrected chi connectivity index (χ3v) is 3.07. The minimum Gasteiger partial charge on any atom is -0.480 e. The van der Waals surface area contributed by atoms with Crippen LogP contribution in [0.5, 0.6) is 0 Å². The molecule has 1 aromatic carbocycles. The van der Waals surface area contributed by atoms with Crippen molar-refractivity contribution in [3.63, 3.8) is 0 Å². The fourth-order valence-corrected chi connectivity index (χ4v) is 1.97. The predicted molar refractivity (Wildman–Crippen MR) is 89.4 cm³/mol. The van der Waals surface area contributed by atoms with Crippen LogP contribution in [0.25, 0.3) is 0 Å². The molecule has 9 heteroatoms. The molecule has 0 saturated carbocycles. The second kappa shape index (κ2) is 12.8. The van der Waals surface area contributed by atoms with Gasteiger partial charge < -0.3 is 29.7 Å². The first-order chi connectivity index (χ1) is 12.5. The van der Waals surface area contributed by atoms with Gasteiger partial charge in [-0.3, -0.25) is 4.79 Å². The van der Waals surface area contributed by atoms with Crippen molar-refractivity contribution < 1.29 is 38.8 Å². The molecule has 1 atom stereocenters. The SMILES string of the molecule is O=C(O)COCCOC(=O)[C@@H](Cc1ccccc1)NC(=O)COCCO. The van der Waals surface area contributed by atoms with E-state index in [1.165, 1.54) is 0 Å². The molecule has 0 aliphatic rings. The van der Waals surface area contributed by atoms with Gasteiger partial charge in [0.25, 0.3) is 0 Å². The number of aliphatic carboxylic acids is 1. The average Bonchev–Trinajstić information content (AvgIpc) is 2.61. The monoisotopic (exact) mass is 369 g/mol. The molecule has 0 saturated heterocycles. The van der Waals surface area contributed by atoms with Crippen molar-refractivity contribution in [2.45, 2.75) is 12.5 Å². The molecule has 3 N–H and O–H groups in total. The summed E-state index contributed by atoms with van der Waals surface area (Å²) < 4.78 is 14.7. The Morgan fingerprint density at radius 2 is 1.69 bits per heavy atom. The first kappa shape index (κ1) is 21.6. The number of hydrogen-bond acceptors (Lipinski definition) is 7. The van der Waals surface area contributed by atoms with Crippen LogP contribution < -0.4 is 5.32 Å². The second-order valence-corrected chi connectivity index (χ2v) is 5.20. The molecular weight excluding hydrogens is 346 g/mol. The first-order valence-corrected chi connectivity index (χ1v) is 8.01. The van der Waals surface area contributed by atoms with Gasteiger partial charge in [0.05, 0.1) is 19.8 Å². The van der Waals surface area contributed by atoms with Gasteiger partial charge in [0.1, 0.15) is 25.9 Å². The molecule has 0 radical (unpaired) electrons. The van der Waals surface area contributed by atoms with E-state index in [2.05, 4.69) is 5.32 Å². The van der Waals surface area contributed by atoms with E-state index in [4.69, 9.17) is 24.4 Å². The Morgan fingerprint density at radius 1 is 1.00 bits per heavy atom. The third-order valence-electron chi connectivity index (χ3n) is 3.07. The Kier molecular flexibility index (Phi) is 10.6. The van der Waals surface area contributed by atoms with E-state index in [1.54, 1.807) is 0 Å². The van der Waals surface area contributed by atoms with E-state index in [9.17, 15) is 14.4 Å². The Morgan fingerprint density at radius 3 is 2.35 bits per heavy atom. The molecule has 0 spiro atoms. The molecule has 9 nitrogen and oxygen atoms in total. The first-order valence-electron chi connectivity index (χ1n) is 8.01. The van der Waals surface area contributed by atoms with Gasteiger partial charge in [-0.05, 0) is 5.56 Å². The lowest BCUT2D eigenvalue weighted by atomic mass is 10.1. The molecule has 0 fully saturated rings. The number of benzene rings is 1. The maximum absolute atomic E-state index is 12.2. The van der Waals surface area contributed by atoms with Crippen molar-refractivity contribution in [2.24, 2.45) is 0 Å². The van der Waals surface area contributed by atoms with Crippen LogP contribution in [0.3, 0.4) is 0 Å². The zero-order valence-corrected chi connectivity index (χ0v) is 14.3. The van der Waals surface area contributed by atoms with Crippen LogP contribution in [0.2, 0.25) is 0 Å². The van der Waals surface area contributed by atoms with Crippen LogP contribution in [0.1, 0.15) is 5.56 Å². The van der Waals surface area contributed by atoms with Crippen LogP contribution in [-0.2, 0) is 35.0 Å². The van der Waals surface area contributed by atoms with E-state index < -0.39 is 30.5 Å². The summed E-state index contributed by atoms with van der Waals surface area (Å²) in [6.45, 7) is -1.16. The van der Waals surface area contributed by atoms with Crippen LogP contribution in [0.4, 0.5) is 0 Å². The van der Waals surface area contributed by atoms with Crippen molar-refractivity contribution in [2.75, 3.05) is 39.6 Å². The zero-order chi connectivity index (χ0) is 19.2. The highest BCUT2D eigenvalue weighted by Gasteiger charge is 2.22. The van der Waals surface area contributed by atoms with Crippen molar-refractivity contribution in [3.05, 3.63) is 35.9 Å². The van der Waals surface area contributed by atoms with Crippen molar-refractivity contribution in [1.82, 2.24) is 5.32 Å². The maximum Gasteiger partial charge on any atom is 0.329 e. The molecule has 0 aliphatic heterocycles. The van der Waals surface area contributed by atoms with Gasteiger partial charge in [0, 0.05) is 6.42 Å². The molecule has 0 bridgehead atoms. The number of carbonyl (C=O) groups is 3. The lowest BCUT2D eigenvalue weighted by Gasteiger charge is -2.18. The number of carboxylic acids is 1. The van der Waals surface area contributed by atoms with Gasteiger partial charge in [-0.15, -0.1) is 0 Å². The van der Waals surface area contributed by atoms with Crippen LogP contribution in [0, 0.1) is 0 Å². The van der Waals surface area contributed by atoms with E-state index in [0.29, 0.717) is 0 Å². The van der Waals surface area contributed by atoms with Gasteiger partial charge in [-0.25, -0.2) is 9.59 Å². The smallest absolute Gasteiger partial charge is 0.329 e. The van der Waals surface area contributed by atoms with Gasteiger partial charge in [-0.1, -0.05) is 30.3 Å². The minimum atomic E-state index is -1.12. The molecule has 1 aromatic rings. The number of hydrogen-bond donors (Lipinski definition) is 3. The largest absolute Gasteiger partial charge is 0.480 e. The molecule has 1 rings (SSSR count). The quantitative estimate of drug-likeness (QED) is 0.309. The molecule has 144 valence electrons. The summed E-state index contributed by atoms with van der Waals surface area (Å²) in [5, 5.41) is 19.6. The number of esters is 1. The van der Waals surface area contributed by atoms with Crippen molar-refractivity contribution in [3.8, 4) is 0 Å². The summed E-state index contributed by atoms with van der Waals surface area (Å²) in [5.41, 5.74) is 0.827. The maximum atomic E-state index is 12.2. The molecule has 1 amide bonds. The van der Waals surface area contributed by atoms with E-state index in [1.807, 2.05) is 30.3 Å². The number of carbonyl (C=O) groups excluding carboxylic acids is 2. The van der Waals surface area contributed by atoms with Gasteiger partial charge in [0.2, 0.25) is 5.91 Å². The number of ether oxygens (including phenoxy) is 3. The van der Waals surface area contributed by atoms with E-state index in [0.717, 1.165) is 5.56 Å². The highest BCUT2D eigenvalue weighted by molar-refractivity contribution is 5.85. The van der Waals surface area contributed by atoms with Gasteiger partial charge in [-0.2, -0.15) is 0 Å². The minimum absolute atomic E-state index is 0.0160. The summed E-state index contributed by atoms with van der Waals surface area (Å²) >= 11 is 0. The van der Waals surface area contributed by atoms with E-state index in [-0.39, 0.29) is 39.5 Å². The van der Waals surface area contributed by atoms with Crippen LogP contribution in [-0.4, -0.2) is 73.7 Å². The predicted octanol–water partition coefficient (Wildman–Crippen LogP) is -0.633.